The lowest BCUT2D eigenvalue weighted by Crippen LogP contribution is -2.15. The molecule has 1 atom stereocenters. The van der Waals surface area contributed by atoms with Gasteiger partial charge in [0.2, 0.25) is 5.91 Å². The van der Waals surface area contributed by atoms with Gasteiger partial charge in [0.15, 0.2) is 10.9 Å². The second-order valence-electron chi connectivity index (χ2n) is 7.17. The third kappa shape index (κ3) is 4.40. The van der Waals surface area contributed by atoms with E-state index in [0.29, 0.717) is 17.2 Å². The molecule has 1 unspecified atom stereocenters. The van der Waals surface area contributed by atoms with Crippen molar-refractivity contribution < 1.29 is 9.59 Å². The van der Waals surface area contributed by atoms with E-state index in [1.165, 1.54) is 18.7 Å². The molecule has 0 bridgehead atoms. The highest BCUT2D eigenvalue weighted by atomic mass is 32.2. The smallest absolute Gasteiger partial charge is 0.221 e. The first-order chi connectivity index (χ1) is 14.0. The van der Waals surface area contributed by atoms with Gasteiger partial charge in [0.05, 0.1) is 5.25 Å². The standard InChI is InChI=1S/C22H22N4O2S/c1-14(20(28)16-10-12-18(13-11-16)23-15(2)27)29-22-25-24-21(17-8-9-17)26(22)19-6-4-3-5-7-19/h3-7,10-14,17H,8-9H2,1-2H3,(H,23,27). The second kappa shape index (κ2) is 8.21. The number of carbonyl (C=O) groups excluding carboxylic acids is 2. The molecule has 1 amide bonds. The fraction of sp³-hybridized carbons (Fsp3) is 0.273. The maximum Gasteiger partial charge on any atom is 0.221 e. The highest BCUT2D eigenvalue weighted by Gasteiger charge is 2.32. The molecule has 0 spiro atoms. The molecule has 0 aliphatic heterocycles. The molecule has 148 valence electrons. The number of nitrogens with one attached hydrogen (secondary N) is 1. The first kappa shape index (κ1) is 19.4. The summed E-state index contributed by atoms with van der Waals surface area (Å²) in [6.07, 6.45) is 2.26. The zero-order valence-electron chi connectivity index (χ0n) is 16.3. The average Bonchev–Trinajstić information content (AvgIpc) is 3.48. The molecule has 3 aromatic rings. The van der Waals surface area contributed by atoms with Gasteiger partial charge >= 0.3 is 0 Å². The Morgan fingerprint density at radius 3 is 2.38 bits per heavy atom. The van der Waals surface area contributed by atoms with Crippen LogP contribution >= 0.6 is 11.8 Å². The molecule has 1 aromatic heterocycles. The van der Waals surface area contributed by atoms with E-state index in [1.54, 1.807) is 24.3 Å². The normalized spacial score (nSPS) is 14.4. The van der Waals surface area contributed by atoms with Gasteiger partial charge in [-0.1, -0.05) is 30.0 Å². The summed E-state index contributed by atoms with van der Waals surface area (Å²) in [5.74, 6) is 1.29. The van der Waals surface area contributed by atoms with E-state index in [2.05, 4.69) is 20.1 Å². The minimum absolute atomic E-state index is 0.0139. The molecule has 4 rings (SSSR count). The number of hydrogen-bond acceptors (Lipinski definition) is 5. The molecule has 7 heteroatoms. The molecule has 1 aliphatic carbocycles. The van der Waals surface area contributed by atoms with Crippen LogP contribution in [0.15, 0.2) is 59.8 Å². The highest BCUT2D eigenvalue weighted by Crippen LogP contribution is 2.41. The van der Waals surface area contributed by atoms with E-state index in [4.69, 9.17) is 0 Å². The van der Waals surface area contributed by atoms with Crippen molar-refractivity contribution >= 4 is 29.1 Å². The Bertz CT molecular complexity index is 1030. The largest absolute Gasteiger partial charge is 0.326 e. The Balaban J connectivity index is 1.54. The van der Waals surface area contributed by atoms with Crippen molar-refractivity contribution in [3.63, 3.8) is 0 Å². The quantitative estimate of drug-likeness (QED) is 0.463. The van der Waals surface area contributed by atoms with Crippen LogP contribution in [0.4, 0.5) is 5.69 Å². The van der Waals surface area contributed by atoms with E-state index in [0.717, 1.165) is 29.5 Å². The topological polar surface area (TPSA) is 76.9 Å². The molecule has 29 heavy (non-hydrogen) atoms. The Labute approximate surface area is 173 Å². The molecular weight excluding hydrogens is 384 g/mol. The van der Waals surface area contributed by atoms with E-state index in [9.17, 15) is 9.59 Å². The van der Waals surface area contributed by atoms with Crippen LogP contribution < -0.4 is 5.32 Å². The summed E-state index contributed by atoms with van der Waals surface area (Å²) in [5.41, 5.74) is 2.29. The molecule has 1 fully saturated rings. The number of rotatable bonds is 7. The van der Waals surface area contributed by atoms with E-state index >= 15 is 0 Å². The van der Waals surface area contributed by atoms with Crippen molar-refractivity contribution in [2.24, 2.45) is 0 Å². The molecule has 1 saturated carbocycles. The summed E-state index contributed by atoms with van der Waals surface area (Å²) in [5, 5.41) is 11.9. The number of ketones is 1. The number of hydrogen-bond donors (Lipinski definition) is 1. The summed E-state index contributed by atoms with van der Waals surface area (Å²) in [7, 11) is 0. The van der Waals surface area contributed by atoms with Crippen LogP contribution in [-0.4, -0.2) is 31.7 Å². The van der Waals surface area contributed by atoms with Gasteiger partial charge in [-0.05, 0) is 56.2 Å². The molecule has 1 heterocycles. The van der Waals surface area contributed by atoms with Crippen LogP contribution in [0.2, 0.25) is 0 Å². The fourth-order valence-corrected chi connectivity index (χ4v) is 4.10. The van der Waals surface area contributed by atoms with Gasteiger partial charge in [0.1, 0.15) is 5.82 Å². The summed E-state index contributed by atoms with van der Waals surface area (Å²) in [4.78, 5) is 24.1. The molecule has 0 radical (unpaired) electrons. The van der Waals surface area contributed by atoms with E-state index < -0.39 is 0 Å². The van der Waals surface area contributed by atoms with Crippen LogP contribution in [-0.2, 0) is 4.79 Å². The van der Waals surface area contributed by atoms with Crippen molar-refractivity contribution in [3.05, 3.63) is 66.0 Å². The van der Waals surface area contributed by atoms with Crippen LogP contribution in [0, 0.1) is 0 Å². The minimum atomic E-state index is -0.319. The van der Waals surface area contributed by atoms with Gasteiger partial charge in [-0.2, -0.15) is 0 Å². The maximum absolute atomic E-state index is 12.9. The number of aromatic nitrogens is 3. The molecular formula is C22H22N4O2S. The Morgan fingerprint density at radius 2 is 1.76 bits per heavy atom. The SMILES string of the molecule is CC(=O)Nc1ccc(C(=O)C(C)Sc2nnc(C3CC3)n2-c2ccccc2)cc1. The maximum atomic E-state index is 12.9. The van der Waals surface area contributed by atoms with Crippen molar-refractivity contribution in [2.75, 3.05) is 5.32 Å². The zero-order chi connectivity index (χ0) is 20.4. The van der Waals surface area contributed by atoms with Crippen molar-refractivity contribution in [1.82, 2.24) is 14.8 Å². The third-order valence-electron chi connectivity index (χ3n) is 4.76. The lowest BCUT2D eigenvalue weighted by molar-refractivity contribution is -0.114. The fourth-order valence-electron chi connectivity index (χ4n) is 3.15. The monoisotopic (exact) mass is 406 g/mol. The second-order valence-corrected chi connectivity index (χ2v) is 8.48. The number of thioether (sulfide) groups is 1. The predicted octanol–water partition coefficient (Wildman–Crippen LogP) is 4.47. The summed E-state index contributed by atoms with van der Waals surface area (Å²) in [6.45, 7) is 3.34. The first-order valence-electron chi connectivity index (χ1n) is 9.62. The van der Waals surface area contributed by atoms with Crippen LogP contribution in [0.5, 0.6) is 0 Å². The molecule has 6 nitrogen and oxygen atoms in total. The minimum Gasteiger partial charge on any atom is -0.326 e. The van der Waals surface area contributed by atoms with Gasteiger partial charge in [0.25, 0.3) is 0 Å². The van der Waals surface area contributed by atoms with Crippen LogP contribution in [0.3, 0.4) is 0 Å². The Kier molecular flexibility index (Phi) is 5.49. The number of para-hydroxylation sites is 1. The van der Waals surface area contributed by atoms with Crippen LogP contribution in [0.25, 0.3) is 5.69 Å². The number of amides is 1. The molecule has 0 saturated heterocycles. The summed E-state index contributed by atoms with van der Waals surface area (Å²) in [6, 6.07) is 17.0. The molecule has 1 aliphatic rings. The van der Waals surface area contributed by atoms with Gasteiger partial charge in [-0.3, -0.25) is 14.2 Å². The number of Topliss-reactive ketones (excluding diaryl/α,β-unsaturated/α-hetero) is 1. The zero-order valence-corrected chi connectivity index (χ0v) is 17.1. The van der Waals surface area contributed by atoms with E-state index in [1.807, 2.05) is 37.3 Å². The van der Waals surface area contributed by atoms with Crippen LogP contribution in [0.1, 0.15) is 48.8 Å². The lowest BCUT2D eigenvalue weighted by Gasteiger charge is -2.13. The summed E-state index contributed by atoms with van der Waals surface area (Å²) < 4.78 is 2.08. The van der Waals surface area contributed by atoms with E-state index in [-0.39, 0.29) is 16.9 Å². The Hall–Kier alpha value is -2.93. The number of benzene rings is 2. The number of nitrogens with zero attached hydrogens (tertiary/aromatic N) is 3. The molecule has 1 N–H and O–H groups in total. The van der Waals surface area contributed by atoms with Gasteiger partial charge in [0, 0.05) is 29.8 Å². The first-order valence-corrected chi connectivity index (χ1v) is 10.5. The van der Waals surface area contributed by atoms with Crippen molar-refractivity contribution in [3.8, 4) is 5.69 Å². The number of anilines is 1. The van der Waals surface area contributed by atoms with Gasteiger partial charge < -0.3 is 5.32 Å². The van der Waals surface area contributed by atoms with Crippen molar-refractivity contribution in [1.29, 1.82) is 0 Å². The Morgan fingerprint density at radius 1 is 1.07 bits per heavy atom. The predicted molar refractivity (Wildman–Crippen MR) is 114 cm³/mol. The highest BCUT2D eigenvalue weighted by molar-refractivity contribution is 8.00. The average molecular weight is 407 g/mol. The number of carbonyl (C=O) groups is 2. The molecule has 2 aromatic carbocycles. The van der Waals surface area contributed by atoms with Gasteiger partial charge in [-0.15, -0.1) is 10.2 Å². The van der Waals surface area contributed by atoms with Gasteiger partial charge in [-0.25, -0.2) is 0 Å². The summed E-state index contributed by atoms with van der Waals surface area (Å²) >= 11 is 1.42. The van der Waals surface area contributed by atoms with Crippen molar-refractivity contribution in [2.45, 2.75) is 43.0 Å². The third-order valence-corrected chi connectivity index (χ3v) is 5.80. The lowest BCUT2D eigenvalue weighted by atomic mass is 10.1.